The standard InChI is InChI=1S/C15H22N2O2/c1-10-5-6-12(19-4)11(9-10)14(18)17-8-7-13(16)15(17,2)3/h5-6,9,13H,7-8,16H2,1-4H3. The van der Waals surface area contributed by atoms with Crippen LogP contribution in [-0.2, 0) is 0 Å². The van der Waals surface area contributed by atoms with E-state index in [4.69, 9.17) is 10.5 Å². The Hall–Kier alpha value is -1.55. The minimum absolute atomic E-state index is 0.00139. The number of aryl methyl sites for hydroxylation is 1. The van der Waals surface area contributed by atoms with Crippen molar-refractivity contribution in [1.82, 2.24) is 4.90 Å². The van der Waals surface area contributed by atoms with Crippen molar-refractivity contribution >= 4 is 5.91 Å². The van der Waals surface area contributed by atoms with Gasteiger partial charge >= 0.3 is 0 Å². The summed E-state index contributed by atoms with van der Waals surface area (Å²) in [6, 6.07) is 5.68. The lowest BCUT2D eigenvalue weighted by Gasteiger charge is -2.34. The van der Waals surface area contributed by atoms with Gasteiger partial charge in [-0.05, 0) is 39.3 Å². The molecule has 1 aliphatic rings. The number of ether oxygens (including phenoxy) is 1. The average molecular weight is 262 g/mol. The molecule has 4 heteroatoms. The van der Waals surface area contributed by atoms with Crippen LogP contribution in [0.1, 0.15) is 36.2 Å². The van der Waals surface area contributed by atoms with Gasteiger partial charge in [-0.2, -0.15) is 0 Å². The molecule has 0 spiro atoms. The predicted octanol–water partition coefficient (Wildman–Crippen LogP) is 1.96. The van der Waals surface area contributed by atoms with E-state index in [-0.39, 0.29) is 17.5 Å². The SMILES string of the molecule is COc1ccc(C)cc1C(=O)N1CCC(N)C1(C)C. The lowest BCUT2D eigenvalue weighted by Crippen LogP contribution is -2.51. The third kappa shape index (κ3) is 2.32. The van der Waals surface area contributed by atoms with Crippen molar-refractivity contribution in [1.29, 1.82) is 0 Å². The van der Waals surface area contributed by atoms with E-state index < -0.39 is 0 Å². The largest absolute Gasteiger partial charge is 0.496 e. The van der Waals surface area contributed by atoms with Gasteiger partial charge in [-0.1, -0.05) is 11.6 Å². The number of carbonyl (C=O) groups is 1. The van der Waals surface area contributed by atoms with Gasteiger partial charge in [0.15, 0.2) is 0 Å². The van der Waals surface area contributed by atoms with Crippen LogP contribution in [0.3, 0.4) is 0 Å². The van der Waals surface area contributed by atoms with Crippen LogP contribution in [0.2, 0.25) is 0 Å². The fourth-order valence-corrected chi connectivity index (χ4v) is 2.61. The molecule has 19 heavy (non-hydrogen) atoms. The Morgan fingerprint density at radius 3 is 2.68 bits per heavy atom. The number of amides is 1. The van der Waals surface area contributed by atoms with Crippen LogP contribution in [0.25, 0.3) is 0 Å². The molecule has 104 valence electrons. The Bertz CT molecular complexity index is 497. The lowest BCUT2D eigenvalue weighted by atomic mass is 9.96. The first-order valence-electron chi connectivity index (χ1n) is 6.60. The van der Waals surface area contributed by atoms with Gasteiger partial charge < -0.3 is 15.4 Å². The number of methoxy groups -OCH3 is 1. The summed E-state index contributed by atoms with van der Waals surface area (Å²) in [5.74, 6) is 0.616. The number of benzene rings is 1. The van der Waals surface area contributed by atoms with Gasteiger partial charge in [0.05, 0.1) is 18.2 Å². The molecule has 1 aromatic carbocycles. The first-order chi connectivity index (χ1) is 8.87. The summed E-state index contributed by atoms with van der Waals surface area (Å²) in [5, 5.41) is 0. The Labute approximate surface area is 114 Å². The Kier molecular flexibility index (Phi) is 3.54. The topological polar surface area (TPSA) is 55.6 Å². The molecule has 0 radical (unpaired) electrons. The molecule has 0 bridgehead atoms. The smallest absolute Gasteiger partial charge is 0.258 e. The quantitative estimate of drug-likeness (QED) is 0.886. The first-order valence-corrected chi connectivity index (χ1v) is 6.60. The molecule has 2 N–H and O–H groups in total. The molecular weight excluding hydrogens is 240 g/mol. The number of rotatable bonds is 2. The molecular formula is C15H22N2O2. The second-order valence-corrected chi connectivity index (χ2v) is 5.71. The molecule has 1 unspecified atom stereocenters. The molecule has 1 atom stereocenters. The van der Waals surface area contributed by atoms with E-state index in [0.29, 0.717) is 17.9 Å². The van der Waals surface area contributed by atoms with Crippen molar-refractivity contribution in [3.05, 3.63) is 29.3 Å². The number of hydrogen-bond donors (Lipinski definition) is 1. The van der Waals surface area contributed by atoms with Gasteiger partial charge in [-0.15, -0.1) is 0 Å². The van der Waals surface area contributed by atoms with Crippen LogP contribution in [0.5, 0.6) is 5.75 Å². The van der Waals surface area contributed by atoms with Crippen molar-refractivity contribution in [3.8, 4) is 5.75 Å². The molecule has 1 amide bonds. The third-order valence-corrected chi connectivity index (χ3v) is 4.10. The summed E-state index contributed by atoms with van der Waals surface area (Å²) in [6.07, 6.45) is 0.840. The maximum absolute atomic E-state index is 12.7. The maximum atomic E-state index is 12.7. The summed E-state index contributed by atoms with van der Waals surface area (Å²) in [7, 11) is 1.59. The minimum atomic E-state index is -0.314. The molecule has 1 saturated heterocycles. The maximum Gasteiger partial charge on any atom is 0.258 e. The van der Waals surface area contributed by atoms with Gasteiger partial charge in [-0.25, -0.2) is 0 Å². The fraction of sp³-hybridized carbons (Fsp3) is 0.533. The van der Waals surface area contributed by atoms with Crippen molar-refractivity contribution in [3.63, 3.8) is 0 Å². The number of nitrogens with two attached hydrogens (primary N) is 1. The minimum Gasteiger partial charge on any atom is -0.496 e. The zero-order valence-electron chi connectivity index (χ0n) is 12.1. The van der Waals surface area contributed by atoms with Crippen LogP contribution >= 0.6 is 0 Å². The lowest BCUT2D eigenvalue weighted by molar-refractivity contribution is 0.0633. The van der Waals surface area contributed by atoms with Crippen molar-refractivity contribution in [2.45, 2.75) is 38.8 Å². The Morgan fingerprint density at radius 2 is 2.16 bits per heavy atom. The first kappa shape index (κ1) is 13.9. The Balaban J connectivity index is 2.37. The highest BCUT2D eigenvalue weighted by molar-refractivity contribution is 5.97. The van der Waals surface area contributed by atoms with Gasteiger partial charge in [0.25, 0.3) is 5.91 Å². The van der Waals surface area contributed by atoms with Crippen molar-refractivity contribution in [2.75, 3.05) is 13.7 Å². The summed E-state index contributed by atoms with van der Waals surface area (Å²) in [4.78, 5) is 14.6. The zero-order valence-corrected chi connectivity index (χ0v) is 12.1. The van der Waals surface area contributed by atoms with E-state index in [1.165, 1.54) is 0 Å². The summed E-state index contributed by atoms with van der Waals surface area (Å²) >= 11 is 0. The number of carbonyl (C=O) groups excluding carboxylic acids is 1. The zero-order chi connectivity index (χ0) is 14.2. The third-order valence-electron chi connectivity index (χ3n) is 4.10. The van der Waals surface area contributed by atoms with Crippen LogP contribution in [0.4, 0.5) is 0 Å². The van der Waals surface area contributed by atoms with Gasteiger partial charge in [-0.3, -0.25) is 4.79 Å². The molecule has 0 aliphatic carbocycles. The van der Waals surface area contributed by atoms with E-state index in [0.717, 1.165) is 12.0 Å². The molecule has 1 fully saturated rings. The van der Waals surface area contributed by atoms with E-state index >= 15 is 0 Å². The normalized spacial score (nSPS) is 21.5. The van der Waals surface area contributed by atoms with Gasteiger partial charge in [0.2, 0.25) is 0 Å². The van der Waals surface area contributed by atoms with E-state index in [2.05, 4.69) is 0 Å². The number of likely N-dealkylation sites (tertiary alicyclic amines) is 1. The number of nitrogens with zero attached hydrogens (tertiary/aromatic N) is 1. The highest BCUT2D eigenvalue weighted by Crippen LogP contribution is 2.31. The van der Waals surface area contributed by atoms with E-state index in [9.17, 15) is 4.79 Å². The molecule has 1 heterocycles. The van der Waals surface area contributed by atoms with E-state index in [1.807, 2.05) is 43.9 Å². The van der Waals surface area contributed by atoms with Gasteiger partial charge in [0, 0.05) is 12.6 Å². The van der Waals surface area contributed by atoms with Crippen LogP contribution in [-0.4, -0.2) is 36.0 Å². The summed E-state index contributed by atoms with van der Waals surface area (Å²) in [6.45, 7) is 6.71. The van der Waals surface area contributed by atoms with E-state index in [1.54, 1.807) is 7.11 Å². The average Bonchev–Trinajstić information content (AvgIpc) is 2.63. The second kappa shape index (κ2) is 4.85. The molecule has 0 saturated carbocycles. The van der Waals surface area contributed by atoms with Crippen LogP contribution in [0.15, 0.2) is 18.2 Å². The molecule has 4 nitrogen and oxygen atoms in total. The van der Waals surface area contributed by atoms with Crippen molar-refractivity contribution in [2.24, 2.45) is 5.73 Å². The highest BCUT2D eigenvalue weighted by atomic mass is 16.5. The van der Waals surface area contributed by atoms with Crippen LogP contribution in [0, 0.1) is 6.92 Å². The highest BCUT2D eigenvalue weighted by Gasteiger charge is 2.42. The molecule has 0 aromatic heterocycles. The van der Waals surface area contributed by atoms with Gasteiger partial charge in [0.1, 0.15) is 5.75 Å². The fourth-order valence-electron chi connectivity index (χ4n) is 2.61. The van der Waals surface area contributed by atoms with Crippen molar-refractivity contribution < 1.29 is 9.53 Å². The van der Waals surface area contributed by atoms with Crippen LogP contribution < -0.4 is 10.5 Å². The molecule has 2 rings (SSSR count). The second-order valence-electron chi connectivity index (χ2n) is 5.71. The Morgan fingerprint density at radius 1 is 1.47 bits per heavy atom. The predicted molar refractivity (Wildman–Crippen MR) is 75.4 cm³/mol. The summed E-state index contributed by atoms with van der Waals surface area (Å²) in [5.41, 5.74) is 7.44. The number of hydrogen-bond acceptors (Lipinski definition) is 3. The molecule has 1 aromatic rings. The monoisotopic (exact) mass is 262 g/mol. The summed E-state index contributed by atoms with van der Waals surface area (Å²) < 4.78 is 5.30. The molecule has 1 aliphatic heterocycles.